The Morgan fingerprint density at radius 1 is 1.32 bits per heavy atom. The highest BCUT2D eigenvalue weighted by Crippen LogP contribution is 2.38. The minimum absolute atomic E-state index is 0.103. The molecule has 0 spiro atoms. The van der Waals surface area contributed by atoms with Crippen molar-refractivity contribution in [2.75, 3.05) is 0 Å². The van der Waals surface area contributed by atoms with Crippen LogP contribution < -0.4 is 5.56 Å². The van der Waals surface area contributed by atoms with Gasteiger partial charge in [0.2, 0.25) is 0 Å². The molecule has 1 N–H and O–H groups in total. The third-order valence-electron chi connectivity index (χ3n) is 3.57. The Bertz CT molecular complexity index is 702. The van der Waals surface area contributed by atoms with Gasteiger partial charge in [-0.2, -0.15) is 0 Å². The van der Waals surface area contributed by atoms with Gasteiger partial charge in [0.05, 0.1) is 5.69 Å². The number of hydrogen-bond acceptors (Lipinski definition) is 2. The van der Waals surface area contributed by atoms with E-state index in [2.05, 4.69) is 9.97 Å². The lowest BCUT2D eigenvalue weighted by molar-refractivity contribution is 0.618. The lowest BCUT2D eigenvalue weighted by Crippen LogP contribution is -2.15. The Morgan fingerprint density at radius 2 is 2.05 bits per heavy atom. The molecule has 4 heteroatoms. The zero-order chi connectivity index (χ0) is 13.6. The third-order valence-corrected chi connectivity index (χ3v) is 3.57. The van der Waals surface area contributed by atoms with Crippen LogP contribution in [0.4, 0.5) is 4.39 Å². The highest BCUT2D eigenvalue weighted by atomic mass is 19.1. The van der Waals surface area contributed by atoms with Crippen molar-refractivity contribution >= 4 is 0 Å². The molecule has 3 nitrogen and oxygen atoms in total. The largest absolute Gasteiger partial charge is 0.310 e. The first kappa shape index (κ1) is 12.1. The van der Waals surface area contributed by atoms with Crippen LogP contribution in [0.15, 0.2) is 23.0 Å². The van der Waals surface area contributed by atoms with Crippen LogP contribution in [0.25, 0.3) is 11.3 Å². The summed E-state index contributed by atoms with van der Waals surface area (Å²) in [5.41, 5.74) is 2.49. The summed E-state index contributed by atoms with van der Waals surface area (Å²) in [6.45, 7) is 3.46. The van der Waals surface area contributed by atoms with E-state index < -0.39 is 0 Å². The smallest absolute Gasteiger partial charge is 0.254 e. The maximum atomic E-state index is 13.3. The van der Waals surface area contributed by atoms with Crippen molar-refractivity contribution in [3.63, 3.8) is 0 Å². The van der Waals surface area contributed by atoms with Crippen molar-refractivity contribution in [3.8, 4) is 11.3 Å². The lowest BCUT2D eigenvalue weighted by Gasteiger charge is -2.08. The summed E-state index contributed by atoms with van der Waals surface area (Å²) < 4.78 is 13.3. The average molecular weight is 258 g/mol. The highest BCUT2D eigenvalue weighted by Gasteiger charge is 2.27. The number of rotatable bonds is 2. The number of hydrogen-bond donors (Lipinski definition) is 1. The van der Waals surface area contributed by atoms with E-state index in [0.29, 0.717) is 22.7 Å². The van der Waals surface area contributed by atoms with Crippen LogP contribution in [0.3, 0.4) is 0 Å². The zero-order valence-corrected chi connectivity index (χ0v) is 11.0. The third kappa shape index (κ3) is 2.18. The summed E-state index contributed by atoms with van der Waals surface area (Å²) in [5, 5.41) is 0. The summed E-state index contributed by atoms with van der Waals surface area (Å²) in [6.07, 6.45) is 2.15. The normalized spacial score (nSPS) is 14.7. The summed E-state index contributed by atoms with van der Waals surface area (Å²) in [4.78, 5) is 19.3. The Morgan fingerprint density at radius 3 is 2.68 bits per heavy atom. The number of aromatic nitrogens is 2. The monoisotopic (exact) mass is 258 g/mol. The van der Waals surface area contributed by atoms with E-state index in [0.717, 1.165) is 24.2 Å². The topological polar surface area (TPSA) is 45.8 Å². The van der Waals surface area contributed by atoms with Crippen LogP contribution in [-0.4, -0.2) is 9.97 Å². The average Bonchev–Trinajstić information content (AvgIpc) is 3.20. The van der Waals surface area contributed by atoms with E-state index in [9.17, 15) is 9.18 Å². The fourth-order valence-corrected chi connectivity index (χ4v) is 2.17. The van der Waals surface area contributed by atoms with Crippen LogP contribution in [0, 0.1) is 19.7 Å². The van der Waals surface area contributed by atoms with E-state index in [4.69, 9.17) is 0 Å². The highest BCUT2D eigenvalue weighted by molar-refractivity contribution is 5.63. The number of aryl methyl sites for hydroxylation is 1. The van der Waals surface area contributed by atoms with Gasteiger partial charge in [-0.1, -0.05) is 0 Å². The second-order valence-corrected chi connectivity index (χ2v) is 5.16. The maximum Gasteiger partial charge on any atom is 0.254 e. The van der Waals surface area contributed by atoms with Crippen molar-refractivity contribution < 1.29 is 4.39 Å². The number of aromatic amines is 1. The fourth-order valence-electron chi connectivity index (χ4n) is 2.17. The SMILES string of the molecule is Cc1cc(-c2nc(C3CC3)[nH]c(=O)c2C)ccc1F. The molecule has 2 aromatic rings. The Labute approximate surface area is 110 Å². The van der Waals surface area contributed by atoms with Gasteiger partial charge < -0.3 is 4.98 Å². The van der Waals surface area contributed by atoms with Crippen LogP contribution in [0.2, 0.25) is 0 Å². The Balaban J connectivity index is 2.17. The van der Waals surface area contributed by atoms with Crippen molar-refractivity contribution in [1.82, 2.24) is 9.97 Å². The first-order chi connectivity index (χ1) is 9.06. The molecule has 1 aromatic heterocycles. The van der Waals surface area contributed by atoms with E-state index in [1.54, 1.807) is 26.0 Å². The predicted molar refractivity (Wildman–Crippen MR) is 71.7 cm³/mol. The van der Waals surface area contributed by atoms with E-state index in [1.165, 1.54) is 6.07 Å². The number of H-pyrrole nitrogens is 1. The van der Waals surface area contributed by atoms with Crippen molar-refractivity contribution in [1.29, 1.82) is 0 Å². The number of halogens is 1. The van der Waals surface area contributed by atoms with Gasteiger partial charge in [0, 0.05) is 17.0 Å². The molecule has 0 bridgehead atoms. The van der Waals surface area contributed by atoms with Gasteiger partial charge in [0.15, 0.2) is 0 Å². The molecular weight excluding hydrogens is 243 g/mol. The maximum absolute atomic E-state index is 13.3. The Kier molecular flexibility index (Phi) is 2.73. The zero-order valence-electron chi connectivity index (χ0n) is 11.0. The summed E-state index contributed by atoms with van der Waals surface area (Å²) in [7, 11) is 0. The van der Waals surface area contributed by atoms with Crippen LogP contribution in [0.5, 0.6) is 0 Å². The Hall–Kier alpha value is -1.97. The van der Waals surface area contributed by atoms with Gasteiger partial charge in [0.1, 0.15) is 11.6 Å². The van der Waals surface area contributed by atoms with Gasteiger partial charge in [0.25, 0.3) is 5.56 Å². The van der Waals surface area contributed by atoms with Crippen molar-refractivity contribution in [2.24, 2.45) is 0 Å². The minimum atomic E-state index is -0.242. The molecule has 0 radical (unpaired) electrons. The van der Waals surface area contributed by atoms with Gasteiger partial charge in [-0.05, 0) is 50.5 Å². The van der Waals surface area contributed by atoms with E-state index >= 15 is 0 Å². The number of nitrogens with zero attached hydrogens (tertiary/aromatic N) is 1. The lowest BCUT2D eigenvalue weighted by atomic mass is 10.0. The summed E-state index contributed by atoms with van der Waals surface area (Å²) in [6, 6.07) is 4.83. The van der Waals surface area contributed by atoms with Crippen molar-refractivity contribution in [3.05, 3.63) is 51.3 Å². The summed E-state index contributed by atoms with van der Waals surface area (Å²) in [5.74, 6) is 0.898. The molecule has 1 fully saturated rings. The molecule has 0 atom stereocenters. The van der Waals surface area contributed by atoms with Gasteiger partial charge in [-0.3, -0.25) is 4.79 Å². The summed E-state index contributed by atoms with van der Waals surface area (Å²) >= 11 is 0. The molecular formula is C15H15FN2O. The molecule has 3 rings (SSSR count). The molecule has 98 valence electrons. The van der Waals surface area contributed by atoms with Crippen LogP contribution >= 0.6 is 0 Å². The van der Waals surface area contributed by atoms with E-state index in [-0.39, 0.29) is 11.4 Å². The molecule has 1 heterocycles. The predicted octanol–water partition coefficient (Wildman–Crippen LogP) is 3.07. The first-order valence-corrected chi connectivity index (χ1v) is 6.43. The second-order valence-electron chi connectivity index (χ2n) is 5.16. The standard InChI is InChI=1S/C15H15FN2O/c1-8-7-11(5-6-12(8)16)13-9(2)15(19)18-14(17-13)10-3-4-10/h5-7,10H,3-4H2,1-2H3,(H,17,18,19). The minimum Gasteiger partial charge on any atom is -0.310 e. The van der Waals surface area contributed by atoms with Gasteiger partial charge >= 0.3 is 0 Å². The molecule has 1 aliphatic carbocycles. The second kappa shape index (κ2) is 4.30. The molecule has 1 saturated carbocycles. The molecule has 0 amide bonds. The first-order valence-electron chi connectivity index (χ1n) is 6.43. The quantitative estimate of drug-likeness (QED) is 0.899. The molecule has 1 aromatic carbocycles. The number of benzene rings is 1. The molecule has 19 heavy (non-hydrogen) atoms. The van der Waals surface area contributed by atoms with Gasteiger partial charge in [-0.15, -0.1) is 0 Å². The molecule has 0 saturated heterocycles. The van der Waals surface area contributed by atoms with Gasteiger partial charge in [-0.25, -0.2) is 9.37 Å². The van der Waals surface area contributed by atoms with Crippen LogP contribution in [-0.2, 0) is 0 Å². The molecule has 1 aliphatic rings. The number of nitrogens with one attached hydrogen (secondary N) is 1. The molecule has 0 aliphatic heterocycles. The van der Waals surface area contributed by atoms with Crippen LogP contribution in [0.1, 0.15) is 35.7 Å². The fraction of sp³-hybridized carbons (Fsp3) is 0.333. The van der Waals surface area contributed by atoms with Crippen molar-refractivity contribution in [2.45, 2.75) is 32.6 Å². The molecule has 0 unspecified atom stereocenters. The van der Waals surface area contributed by atoms with E-state index in [1.807, 2.05) is 0 Å².